The molecule has 2 aromatic rings. The molecule has 1 aliphatic carbocycles. The second-order valence-corrected chi connectivity index (χ2v) is 12.7. The molecule has 0 radical (unpaired) electrons. The van der Waals surface area contributed by atoms with Crippen LogP contribution < -0.4 is 15.6 Å². The van der Waals surface area contributed by atoms with Crippen molar-refractivity contribution < 1.29 is 34.0 Å². The van der Waals surface area contributed by atoms with Crippen LogP contribution in [0.4, 0.5) is 5.69 Å². The molecule has 13 heteroatoms. The number of azide groups is 1. The van der Waals surface area contributed by atoms with Crippen LogP contribution in [0.25, 0.3) is 10.4 Å². The Balaban J connectivity index is 1.72. The number of amides is 1. The number of aliphatic hydroxyl groups is 2. The maximum absolute atomic E-state index is 14.3. The highest BCUT2D eigenvalue weighted by molar-refractivity contribution is 6.01. The zero-order valence-corrected chi connectivity index (χ0v) is 26.7. The molecule has 0 aromatic heterocycles. The van der Waals surface area contributed by atoms with E-state index in [1.165, 1.54) is 0 Å². The van der Waals surface area contributed by atoms with Gasteiger partial charge >= 0.3 is 5.97 Å². The third-order valence-corrected chi connectivity index (χ3v) is 7.94. The molecule has 46 heavy (non-hydrogen) atoms. The molecule has 1 amide bonds. The number of benzene rings is 2. The van der Waals surface area contributed by atoms with E-state index in [1.807, 2.05) is 0 Å². The summed E-state index contributed by atoms with van der Waals surface area (Å²) >= 11 is 0. The van der Waals surface area contributed by atoms with E-state index in [1.54, 1.807) is 69.3 Å². The average molecular weight is 637 g/mol. The fourth-order valence-electron chi connectivity index (χ4n) is 5.66. The van der Waals surface area contributed by atoms with Crippen LogP contribution in [0.2, 0.25) is 0 Å². The normalized spacial score (nSPS) is 20.5. The molecule has 2 atom stereocenters. The van der Waals surface area contributed by atoms with Crippen LogP contribution in [0, 0.1) is 0 Å². The van der Waals surface area contributed by atoms with Crippen molar-refractivity contribution in [2.24, 2.45) is 10.1 Å². The van der Waals surface area contributed by atoms with Gasteiger partial charge in [-0.1, -0.05) is 48.6 Å². The van der Waals surface area contributed by atoms with Crippen molar-refractivity contribution in [2.45, 2.75) is 95.0 Å². The van der Waals surface area contributed by atoms with Crippen LogP contribution in [0.1, 0.15) is 89.4 Å². The number of rotatable bonds is 14. The van der Waals surface area contributed by atoms with Crippen molar-refractivity contribution in [3.8, 4) is 5.75 Å². The van der Waals surface area contributed by atoms with Crippen molar-refractivity contribution >= 4 is 23.5 Å². The van der Waals surface area contributed by atoms with Crippen LogP contribution in [-0.4, -0.2) is 64.5 Å². The van der Waals surface area contributed by atoms with Gasteiger partial charge in [-0.15, -0.1) is 0 Å². The molecule has 0 spiro atoms. The molecule has 4 rings (SSSR count). The van der Waals surface area contributed by atoms with E-state index in [2.05, 4.69) is 20.9 Å². The zero-order chi connectivity index (χ0) is 33.2. The summed E-state index contributed by atoms with van der Waals surface area (Å²) in [4.78, 5) is 35.1. The summed E-state index contributed by atoms with van der Waals surface area (Å²) in [5.41, 5.74) is 12.8. The van der Waals surface area contributed by atoms with Crippen molar-refractivity contribution in [1.29, 1.82) is 0 Å². The minimum atomic E-state index is -1.70. The van der Waals surface area contributed by atoms with Gasteiger partial charge in [-0.05, 0) is 69.8 Å². The van der Waals surface area contributed by atoms with Gasteiger partial charge < -0.3 is 24.4 Å². The third-order valence-electron chi connectivity index (χ3n) is 7.94. The van der Waals surface area contributed by atoms with E-state index in [-0.39, 0.29) is 37.6 Å². The molecule has 1 heterocycles. The van der Waals surface area contributed by atoms with E-state index in [0.29, 0.717) is 42.7 Å². The molecule has 1 aliphatic heterocycles. The average Bonchev–Trinajstić information content (AvgIpc) is 3.41. The quantitative estimate of drug-likeness (QED) is 0.0551. The number of esters is 1. The SMILES string of the molecule is CC(C)(C)OC(=O)CC[C@]1(C(=O)NNCC2(O)CCCCC2)N=C(c2ccc(OCCCO)cc2)O[C@H]1c1ccccc1N=[N+]=[N-]. The number of ether oxygens (including phenoxy) is 3. The van der Waals surface area contributed by atoms with Gasteiger partial charge in [0.1, 0.15) is 11.4 Å². The summed E-state index contributed by atoms with van der Waals surface area (Å²) in [5.74, 6) is -0.373. The van der Waals surface area contributed by atoms with E-state index >= 15 is 0 Å². The van der Waals surface area contributed by atoms with Crippen molar-refractivity contribution in [3.63, 3.8) is 0 Å². The number of hydrogen-bond donors (Lipinski definition) is 4. The topological polar surface area (TPSA) is 187 Å². The number of nitrogens with zero attached hydrogens (tertiary/aromatic N) is 4. The van der Waals surface area contributed by atoms with Crippen molar-refractivity contribution in [3.05, 3.63) is 70.1 Å². The smallest absolute Gasteiger partial charge is 0.306 e. The highest BCUT2D eigenvalue weighted by Crippen LogP contribution is 2.46. The van der Waals surface area contributed by atoms with Crippen LogP contribution in [0.3, 0.4) is 0 Å². The molecular formula is C33H44N6O7. The Morgan fingerprint density at radius 3 is 2.52 bits per heavy atom. The molecule has 4 N–H and O–H groups in total. The number of carbonyl (C=O) groups excluding carboxylic acids is 2. The number of nitrogens with one attached hydrogen (secondary N) is 2. The molecule has 0 bridgehead atoms. The molecular weight excluding hydrogens is 592 g/mol. The second-order valence-electron chi connectivity index (χ2n) is 12.7. The Hall–Kier alpha value is -4.16. The Kier molecular flexibility index (Phi) is 11.6. The minimum absolute atomic E-state index is 0.0169. The zero-order valence-electron chi connectivity index (χ0n) is 26.7. The highest BCUT2D eigenvalue weighted by atomic mass is 16.6. The van der Waals surface area contributed by atoms with Gasteiger partial charge in [0.2, 0.25) is 5.90 Å². The van der Waals surface area contributed by atoms with Crippen LogP contribution >= 0.6 is 0 Å². The number of aliphatic imine (C=N–C) groups is 1. The summed E-state index contributed by atoms with van der Waals surface area (Å²) in [7, 11) is 0. The fourth-order valence-corrected chi connectivity index (χ4v) is 5.66. The molecule has 2 aromatic carbocycles. The summed E-state index contributed by atoms with van der Waals surface area (Å²) < 4.78 is 17.7. The lowest BCUT2D eigenvalue weighted by Crippen LogP contribution is -2.56. The molecule has 248 valence electrons. The molecule has 0 saturated heterocycles. The van der Waals surface area contributed by atoms with Gasteiger partial charge in [-0.2, -0.15) is 0 Å². The van der Waals surface area contributed by atoms with Gasteiger partial charge in [0.05, 0.1) is 12.2 Å². The molecule has 2 aliphatic rings. The van der Waals surface area contributed by atoms with Crippen molar-refractivity contribution in [1.82, 2.24) is 10.9 Å². The van der Waals surface area contributed by atoms with Crippen LogP contribution in [0.5, 0.6) is 5.75 Å². The first-order valence-electron chi connectivity index (χ1n) is 15.7. The predicted molar refractivity (Wildman–Crippen MR) is 171 cm³/mol. The number of hydrazine groups is 1. The Labute approximate surface area is 268 Å². The Morgan fingerprint density at radius 2 is 1.85 bits per heavy atom. The van der Waals surface area contributed by atoms with E-state index in [4.69, 9.17) is 24.3 Å². The predicted octanol–water partition coefficient (Wildman–Crippen LogP) is 5.08. The van der Waals surface area contributed by atoms with Gasteiger partial charge in [-0.3, -0.25) is 15.0 Å². The minimum Gasteiger partial charge on any atom is -0.494 e. The first kappa shape index (κ1) is 34.7. The summed E-state index contributed by atoms with van der Waals surface area (Å²) in [5, 5.41) is 23.9. The molecule has 0 unspecified atom stereocenters. The van der Waals surface area contributed by atoms with Gasteiger partial charge in [0, 0.05) is 47.7 Å². The van der Waals surface area contributed by atoms with E-state index in [0.717, 1.165) is 19.3 Å². The second kappa shape index (κ2) is 15.4. The standard InChI is InChI=1S/C33H44N6O7/c1-31(2,3)46-27(41)16-19-33(30(42)38-35-22-32(43)17-7-4-8-18-32)28(25-10-5-6-11-26(25)37-39-34)45-29(36-33)23-12-14-24(15-13-23)44-21-9-20-40/h5-6,10-15,28,35,40,43H,4,7-9,16-22H2,1-3H3,(H,38,42)/t28-,33-/m0/s1. The Morgan fingerprint density at radius 1 is 1.13 bits per heavy atom. The first-order chi connectivity index (χ1) is 22.0. The monoisotopic (exact) mass is 636 g/mol. The lowest BCUT2D eigenvalue weighted by atomic mass is 9.83. The van der Waals surface area contributed by atoms with Crippen LogP contribution in [-0.2, 0) is 19.1 Å². The van der Waals surface area contributed by atoms with E-state index in [9.17, 15) is 20.2 Å². The lowest BCUT2D eigenvalue weighted by Gasteiger charge is -2.34. The van der Waals surface area contributed by atoms with Crippen molar-refractivity contribution in [2.75, 3.05) is 19.8 Å². The molecule has 1 fully saturated rings. The molecule has 13 nitrogen and oxygen atoms in total. The number of carbonyl (C=O) groups is 2. The lowest BCUT2D eigenvalue weighted by molar-refractivity contribution is -0.155. The Bertz CT molecular complexity index is 1430. The fraction of sp³-hybridized carbons (Fsp3) is 0.545. The maximum atomic E-state index is 14.3. The summed E-state index contributed by atoms with van der Waals surface area (Å²) in [6, 6.07) is 13.7. The van der Waals surface area contributed by atoms with Crippen LogP contribution in [0.15, 0.2) is 58.6 Å². The van der Waals surface area contributed by atoms with Gasteiger partial charge in [0.25, 0.3) is 5.91 Å². The van der Waals surface area contributed by atoms with Gasteiger partial charge in [-0.25, -0.2) is 10.4 Å². The third kappa shape index (κ3) is 8.97. The molecule has 1 saturated carbocycles. The van der Waals surface area contributed by atoms with E-state index < -0.39 is 34.7 Å². The number of hydrogen-bond acceptors (Lipinski definition) is 10. The maximum Gasteiger partial charge on any atom is 0.306 e. The number of aliphatic hydroxyl groups excluding tert-OH is 1. The largest absolute Gasteiger partial charge is 0.494 e. The highest BCUT2D eigenvalue weighted by Gasteiger charge is 2.54. The summed E-state index contributed by atoms with van der Waals surface area (Å²) in [6.45, 7) is 5.79. The first-order valence-corrected chi connectivity index (χ1v) is 15.7. The summed E-state index contributed by atoms with van der Waals surface area (Å²) in [6.07, 6.45) is 3.23. The van der Waals surface area contributed by atoms with Gasteiger partial charge in [0.15, 0.2) is 11.6 Å².